The van der Waals surface area contributed by atoms with E-state index in [0.29, 0.717) is 35.1 Å². The topological polar surface area (TPSA) is 77.0 Å². The zero-order valence-electron chi connectivity index (χ0n) is 18.3. The summed E-state index contributed by atoms with van der Waals surface area (Å²) >= 11 is 0. The van der Waals surface area contributed by atoms with Gasteiger partial charge in [-0.15, -0.1) is 0 Å². The molecule has 0 spiro atoms. The van der Waals surface area contributed by atoms with Gasteiger partial charge in [-0.3, -0.25) is 0 Å². The lowest BCUT2D eigenvalue weighted by Gasteiger charge is -2.26. The van der Waals surface area contributed by atoms with Crippen molar-refractivity contribution >= 4 is 11.5 Å². The molecule has 10 heteroatoms. The number of aromatic nitrogens is 7. The van der Waals surface area contributed by atoms with Crippen molar-refractivity contribution in [3.05, 3.63) is 84.5 Å². The molecule has 8 nitrogen and oxygen atoms in total. The van der Waals surface area contributed by atoms with E-state index in [1.54, 1.807) is 34.0 Å². The van der Waals surface area contributed by atoms with Crippen molar-refractivity contribution in [3.63, 3.8) is 0 Å². The molecule has 1 fully saturated rings. The quantitative estimate of drug-likeness (QED) is 0.400. The number of benzene rings is 1. The Morgan fingerprint density at radius 2 is 1.82 bits per heavy atom. The molecule has 0 aliphatic carbocycles. The van der Waals surface area contributed by atoms with E-state index in [9.17, 15) is 8.78 Å². The first kappa shape index (κ1) is 20.4. The van der Waals surface area contributed by atoms with Crippen molar-refractivity contribution in [3.8, 4) is 16.8 Å². The molecule has 0 unspecified atom stereocenters. The van der Waals surface area contributed by atoms with Gasteiger partial charge < -0.3 is 4.90 Å². The smallest absolute Gasteiger partial charge is 0.183 e. The maximum absolute atomic E-state index is 14.5. The Labute approximate surface area is 193 Å². The van der Waals surface area contributed by atoms with Crippen LogP contribution in [0.25, 0.3) is 22.5 Å². The van der Waals surface area contributed by atoms with Crippen molar-refractivity contribution in [2.75, 3.05) is 11.4 Å². The van der Waals surface area contributed by atoms with Crippen molar-refractivity contribution in [2.24, 2.45) is 0 Å². The summed E-state index contributed by atoms with van der Waals surface area (Å²) in [6.45, 7) is 2.54. The minimum absolute atomic E-state index is 0.283. The standard InChI is InChI=1S/C24H20F2N8/c1-15-27-10-16(11-28-15)17-12-29-34(14-17)22-13-30-33-8-6-23(31-24(22)33)32-7-2-3-21(32)19-9-18(25)4-5-20(19)26/h4-6,8-14,21H,2-3,7H2,1H3/t21-/m0/s1. The summed E-state index contributed by atoms with van der Waals surface area (Å²) in [7, 11) is 0. The molecule has 0 radical (unpaired) electrons. The van der Waals surface area contributed by atoms with Gasteiger partial charge in [0.25, 0.3) is 0 Å². The molecule has 1 saturated heterocycles. The van der Waals surface area contributed by atoms with Gasteiger partial charge in [-0.25, -0.2) is 32.9 Å². The highest BCUT2D eigenvalue weighted by Crippen LogP contribution is 2.37. The Balaban J connectivity index is 1.37. The predicted molar refractivity (Wildman–Crippen MR) is 122 cm³/mol. The second-order valence-corrected chi connectivity index (χ2v) is 8.29. The zero-order chi connectivity index (χ0) is 23.2. The minimum atomic E-state index is -0.446. The third-order valence-corrected chi connectivity index (χ3v) is 6.14. The van der Waals surface area contributed by atoms with E-state index in [4.69, 9.17) is 4.98 Å². The SMILES string of the molecule is Cc1ncc(-c2cnn(-c3cnn4ccc(N5CCC[C@H]5c5cc(F)ccc5F)nc34)c2)cn1. The second-order valence-electron chi connectivity index (χ2n) is 8.29. The lowest BCUT2D eigenvalue weighted by molar-refractivity contribution is 0.560. The molecule has 0 bridgehead atoms. The largest absolute Gasteiger partial charge is 0.349 e. The molecule has 0 N–H and O–H groups in total. The highest BCUT2D eigenvalue weighted by Gasteiger charge is 2.30. The Kier molecular flexibility index (Phi) is 4.79. The van der Waals surface area contributed by atoms with Gasteiger partial charge in [0.05, 0.1) is 18.4 Å². The predicted octanol–water partition coefficient (Wildman–Crippen LogP) is 4.30. The Bertz CT molecular complexity index is 1490. The van der Waals surface area contributed by atoms with E-state index in [1.165, 1.54) is 12.1 Å². The van der Waals surface area contributed by atoms with Crippen LogP contribution < -0.4 is 4.90 Å². The van der Waals surface area contributed by atoms with E-state index in [1.807, 2.05) is 30.3 Å². The minimum Gasteiger partial charge on any atom is -0.349 e. The fraction of sp³-hybridized carbons (Fsp3) is 0.208. The normalized spacial score (nSPS) is 16.0. The summed E-state index contributed by atoms with van der Waals surface area (Å²) in [5.41, 5.74) is 3.40. The lowest BCUT2D eigenvalue weighted by Crippen LogP contribution is -2.24. The number of fused-ring (bicyclic) bond motifs is 1. The molecule has 4 aromatic heterocycles. The first-order valence-electron chi connectivity index (χ1n) is 11.0. The van der Waals surface area contributed by atoms with E-state index in [-0.39, 0.29) is 6.04 Å². The average Bonchev–Trinajstić information content (AvgIpc) is 3.60. The summed E-state index contributed by atoms with van der Waals surface area (Å²) in [6.07, 6.45) is 12.2. The van der Waals surface area contributed by atoms with Crippen LogP contribution in [0.3, 0.4) is 0 Å². The number of nitrogens with zero attached hydrogens (tertiary/aromatic N) is 8. The van der Waals surface area contributed by atoms with Gasteiger partial charge >= 0.3 is 0 Å². The van der Waals surface area contributed by atoms with Crippen molar-refractivity contribution < 1.29 is 8.78 Å². The van der Waals surface area contributed by atoms with Crippen molar-refractivity contribution in [1.82, 2.24) is 34.3 Å². The summed E-state index contributed by atoms with van der Waals surface area (Å²) in [5, 5.41) is 8.88. The first-order valence-corrected chi connectivity index (χ1v) is 11.0. The molecule has 0 amide bonds. The Morgan fingerprint density at radius 3 is 2.68 bits per heavy atom. The van der Waals surface area contributed by atoms with Gasteiger partial charge in [-0.2, -0.15) is 10.2 Å². The summed E-state index contributed by atoms with van der Waals surface area (Å²) in [4.78, 5) is 15.3. The van der Waals surface area contributed by atoms with Crippen LogP contribution in [-0.4, -0.2) is 40.9 Å². The third-order valence-electron chi connectivity index (χ3n) is 6.14. The van der Waals surface area contributed by atoms with Crippen molar-refractivity contribution in [2.45, 2.75) is 25.8 Å². The fourth-order valence-corrected chi connectivity index (χ4v) is 4.45. The molecule has 6 rings (SSSR count). The molecule has 34 heavy (non-hydrogen) atoms. The number of hydrogen-bond acceptors (Lipinski definition) is 6. The van der Waals surface area contributed by atoms with E-state index in [2.05, 4.69) is 20.2 Å². The van der Waals surface area contributed by atoms with Crippen LogP contribution in [0.1, 0.15) is 30.3 Å². The molecule has 1 aromatic carbocycles. The summed E-state index contributed by atoms with van der Waals surface area (Å²) in [5.74, 6) is 0.528. The molecule has 5 aromatic rings. The van der Waals surface area contributed by atoms with Crippen LogP contribution in [0, 0.1) is 18.6 Å². The van der Waals surface area contributed by atoms with Gasteiger partial charge in [0.2, 0.25) is 0 Å². The maximum Gasteiger partial charge on any atom is 0.183 e. The van der Waals surface area contributed by atoms with E-state index < -0.39 is 11.6 Å². The average molecular weight is 458 g/mol. The molecule has 170 valence electrons. The van der Waals surface area contributed by atoms with Gasteiger partial charge in [-0.05, 0) is 44.0 Å². The summed E-state index contributed by atoms with van der Waals surface area (Å²) < 4.78 is 31.7. The highest BCUT2D eigenvalue weighted by atomic mass is 19.1. The van der Waals surface area contributed by atoms with E-state index >= 15 is 0 Å². The molecular weight excluding hydrogens is 438 g/mol. The summed E-state index contributed by atoms with van der Waals surface area (Å²) in [6, 6.07) is 5.16. The van der Waals surface area contributed by atoms with Crippen LogP contribution in [0.15, 0.2) is 61.4 Å². The number of halogens is 2. The van der Waals surface area contributed by atoms with Crippen LogP contribution in [-0.2, 0) is 0 Å². The van der Waals surface area contributed by atoms with Crippen LogP contribution in [0.2, 0.25) is 0 Å². The van der Waals surface area contributed by atoms with Gasteiger partial charge in [0.15, 0.2) is 5.65 Å². The van der Waals surface area contributed by atoms with Crippen LogP contribution >= 0.6 is 0 Å². The molecule has 1 aliphatic heterocycles. The number of rotatable bonds is 4. The lowest BCUT2D eigenvalue weighted by atomic mass is 10.0. The molecule has 1 atom stereocenters. The first-order chi connectivity index (χ1) is 16.6. The van der Waals surface area contributed by atoms with Gasteiger partial charge in [0, 0.05) is 48.0 Å². The number of aryl methyl sites for hydroxylation is 1. The van der Waals surface area contributed by atoms with Gasteiger partial charge in [-0.1, -0.05) is 0 Å². The Morgan fingerprint density at radius 1 is 0.971 bits per heavy atom. The zero-order valence-corrected chi connectivity index (χ0v) is 18.3. The van der Waals surface area contributed by atoms with Crippen molar-refractivity contribution in [1.29, 1.82) is 0 Å². The molecule has 0 saturated carbocycles. The third kappa shape index (κ3) is 3.47. The van der Waals surface area contributed by atoms with Crippen LogP contribution in [0.4, 0.5) is 14.6 Å². The molecule has 5 heterocycles. The number of hydrogen-bond donors (Lipinski definition) is 0. The highest BCUT2D eigenvalue weighted by molar-refractivity contribution is 5.64. The maximum atomic E-state index is 14.5. The second kappa shape index (κ2) is 7.98. The van der Waals surface area contributed by atoms with Gasteiger partial charge in [0.1, 0.15) is 29.0 Å². The van der Waals surface area contributed by atoms with Crippen LogP contribution in [0.5, 0.6) is 0 Å². The molecule has 1 aliphatic rings. The Hall–Kier alpha value is -4.21. The number of anilines is 1. The molecular formula is C24H20F2N8. The van der Waals surface area contributed by atoms with E-state index in [0.717, 1.165) is 30.0 Å². The monoisotopic (exact) mass is 458 g/mol. The fourth-order valence-electron chi connectivity index (χ4n) is 4.45.